The molecule has 2 aliphatic carbocycles. The number of piperidine rings is 1. The van der Waals surface area contributed by atoms with Crippen molar-refractivity contribution in [2.24, 2.45) is 23.2 Å². The molecule has 3 fully saturated rings. The largest absolute Gasteiger partial charge is 0.457 e. The zero-order chi connectivity index (χ0) is 21.6. The molecule has 1 N–H and O–H groups in total. The first kappa shape index (κ1) is 20.7. The van der Waals surface area contributed by atoms with Crippen molar-refractivity contribution in [2.75, 3.05) is 19.6 Å². The van der Waals surface area contributed by atoms with Crippen LogP contribution in [0.2, 0.25) is 0 Å². The number of fused-ring (bicyclic) bond motifs is 3. The number of hydrogen-bond donors (Lipinski definition) is 1. The molecule has 1 aromatic rings. The van der Waals surface area contributed by atoms with E-state index in [9.17, 15) is 9.59 Å². The van der Waals surface area contributed by atoms with E-state index in [1.54, 1.807) is 11.0 Å². The van der Waals surface area contributed by atoms with E-state index < -0.39 is 0 Å². The molecule has 164 valence electrons. The van der Waals surface area contributed by atoms with Crippen LogP contribution in [0, 0.1) is 23.2 Å². The maximum absolute atomic E-state index is 12.9. The number of quaternary nitrogens is 1. The highest BCUT2D eigenvalue weighted by molar-refractivity contribution is 6.05. The molecule has 0 radical (unpaired) electrons. The Kier molecular flexibility index (Phi) is 5.37. The summed E-state index contributed by atoms with van der Waals surface area (Å²) >= 11 is 0. The number of carbonyl (C=O) groups excluding carboxylic acids is 2. The summed E-state index contributed by atoms with van der Waals surface area (Å²) in [6.07, 6.45) is 9.14. The first-order valence-electron chi connectivity index (χ1n) is 12.0. The quantitative estimate of drug-likeness (QED) is 0.762. The van der Waals surface area contributed by atoms with Crippen molar-refractivity contribution in [3.05, 3.63) is 59.2 Å². The number of ketones is 1. The number of esters is 1. The van der Waals surface area contributed by atoms with E-state index in [1.165, 1.54) is 18.4 Å². The molecule has 4 atom stereocenters. The average molecular weight is 421 g/mol. The molecule has 2 saturated heterocycles. The summed E-state index contributed by atoms with van der Waals surface area (Å²) < 4.78 is 5.98. The second-order valence-electron chi connectivity index (χ2n) is 10.4. The van der Waals surface area contributed by atoms with Crippen LogP contribution in [0.15, 0.2) is 53.6 Å². The highest BCUT2D eigenvalue weighted by Gasteiger charge is 2.55. The summed E-state index contributed by atoms with van der Waals surface area (Å²) in [6.45, 7) is 7.25. The fourth-order valence-corrected chi connectivity index (χ4v) is 6.56. The lowest BCUT2D eigenvalue weighted by Crippen LogP contribution is -3.14. The number of rotatable bonds is 4. The van der Waals surface area contributed by atoms with E-state index in [0.717, 1.165) is 56.0 Å². The van der Waals surface area contributed by atoms with Crippen molar-refractivity contribution in [3.8, 4) is 0 Å². The second-order valence-corrected chi connectivity index (χ2v) is 10.4. The van der Waals surface area contributed by atoms with Crippen LogP contribution in [-0.2, 0) is 20.7 Å². The first-order chi connectivity index (χ1) is 14.9. The van der Waals surface area contributed by atoms with Gasteiger partial charge in [0.1, 0.15) is 12.0 Å². The summed E-state index contributed by atoms with van der Waals surface area (Å²) in [6, 6.07) is 10.8. The lowest BCUT2D eigenvalue weighted by Gasteiger charge is -2.43. The lowest BCUT2D eigenvalue weighted by molar-refractivity contribution is -0.908. The minimum atomic E-state index is -0.208. The number of likely N-dealkylation sites (tertiary alicyclic amines) is 1. The molecule has 0 unspecified atom stereocenters. The molecular weight excluding hydrogens is 386 g/mol. The molecule has 2 heterocycles. The number of benzene rings is 1. The maximum Gasteiger partial charge on any atom is 0.315 e. The fraction of sp³-hybridized carbons (Fsp3) is 0.556. The number of carbonyl (C=O) groups is 2. The topological polar surface area (TPSA) is 47.8 Å². The Hall–Kier alpha value is -2.20. The van der Waals surface area contributed by atoms with Gasteiger partial charge in [-0.25, -0.2) is 0 Å². The highest BCUT2D eigenvalue weighted by Crippen LogP contribution is 2.52. The number of ether oxygens (including phenoxy) is 1. The molecule has 0 amide bonds. The molecule has 2 aliphatic heterocycles. The van der Waals surface area contributed by atoms with Gasteiger partial charge in [0.15, 0.2) is 5.78 Å². The van der Waals surface area contributed by atoms with Gasteiger partial charge in [-0.3, -0.25) is 9.59 Å². The lowest BCUT2D eigenvalue weighted by atomic mass is 9.61. The standard InChI is InChI=1S/C27H33NO3/c1-18-23(29)9-13-27(2)12-8-21-22(26(30)31-25(21)24(18)27)17-28-14-10-20(11-15-28)16-19-6-4-3-5-7-19/h3-7,9,13,20-22,25H,8,10-12,14-17H2,1-2H3/p+1/t21-,22+,25-,27+/m0/s1. The van der Waals surface area contributed by atoms with Gasteiger partial charge >= 0.3 is 5.97 Å². The van der Waals surface area contributed by atoms with Crippen molar-refractivity contribution in [1.29, 1.82) is 0 Å². The monoisotopic (exact) mass is 420 g/mol. The Morgan fingerprint density at radius 1 is 1.10 bits per heavy atom. The summed E-state index contributed by atoms with van der Waals surface area (Å²) in [7, 11) is 0. The fourth-order valence-electron chi connectivity index (χ4n) is 6.56. The van der Waals surface area contributed by atoms with Crippen molar-refractivity contribution in [3.63, 3.8) is 0 Å². The van der Waals surface area contributed by atoms with Gasteiger partial charge in [0, 0.05) is 16.9 Å². The third-order valence-corrected chi connectivity index (χ3v) is 8.41. The van der Waals surface area contributed by atoms with E-state index in [0.29, 0.717) is 0 Å². The third kappa shape index (κ3) is 3.80. The minimum absolute atomic E-state index is 0.0310. The average Bonchev–Trinajstić information content (AvgIpc) is 3.08. The number of hydrogen-bond acceptors (Lipinski definition) is 3. The summed E-state index contributed by atoms with van der Waals surface area (Å²) in [5.41, 5.74) is 3.16. The van der Waals surface area contributed by atoms with E-state index in [1.807, 2.05) is 13.0 Å². The first-order valence-corrected chi connectivity index (χ1v) is 12.0. The second kappa shape index (κ2) is 8.05. The Morgan fingerprint density at radius 2 is 1.84 bits per heavy atom. The van der Waals surface area contributed by atoms with Crippen LogP contribution in [0.3, 0.4) is 0 Å². The Balaban J connectivity index is 1.23. The van der Waals surface area contributed by atoms with Gasteiger partial charge in [-0.05, 0) is 62.2 Å². The zero-order valence-corrected chi connectivity index (χ0v) is 18.7. The van der Waals surface area contributed by atoms with Gasteiger partial charge in [0.2, 0.25) is 0 Å². The van der Waals surface area contributed by atoms with Crippen LogP contribution in [0.5, 0.6) is 0 Å². The molecule has 31 heavy (non-hydrogen) atoms. The Bertz CT molecular complexity index is 925. The number of allylic oxidation sites excluding steroid dienone is 3. The van der Waals surface area contributed by atoms with Crippen molar-refractivity contribution >= 4 is 11.8 Å². The summed E-state index contributed by atoms with van der Waals surface area (Å²) in [5, 5.41) is 0. The van der Waals surface area contributed by atoms with Gasteiger partial charge in [-0.1, -0.05) is 43.3 Å². The minimum Gasteiger partial charge on any atom is -0.457 e. The molecular formula is C27H34NO3+. The van der Waals surface area contributed by atoms with Crippen LogP contribution in [-0.4, -0.2) is 37.5 Å². The van der Waals surface area contributed by atoms with Crippen LogP contribution >= 0.6 is 0 Å². The predicted molar refractivity (Wildman–Crippen MR) is 119 cm³/mol. The highest BCUT2D eigenvalue weighted by atomic mass is 16.6. The molecule has 1 saturated carbocycles. The van der Waals surface area contributed by atoms with Gasteiger partial charge < -0.3 is 9.64 Å². The normalized spacial score (nSPS) is 37.4. The SMILES string of the molecule is CC1=C2[C@H]3OC(=O)[C@H](C[NH+]4CCC(Cc5ccccc5)CC4)[C@@H]3CC[C@]2(C)C=CC1=O. The molecule has 4 aliphatic rings. The zero-order valence-electron chi connectivity index (χ0n) is 18.7. The molecule has 4 nitrogen and oxygen atoms in total. The van der Waals surface area contributed by atoms with E-state index in [-0.39, 0.29) is 35.1 Å². The van der Waals surface area contributed by atoms with Gasteiger partial charge in [-0.15, -0.1) is 0 Å². The molecule has 4 heteroatoms. The smallest absolute Gasteiger partial charge is 0.315 e. The van der Waals surface area contributed by atoms with Crippen LogP contribution in [0.25, 0.3) is 0 Å². The molecule has 0 bridgehead atoms. The van der Waals surface area contributed by atoms with Crippen LogP contribution in [0.4, 0.5) is 0 Å². The Labute approximate surface area is 185 Å². The molecule has 1 aromatic carbocycles. The van der Waals surface area contributed by atoms with Crippen LogP contribution in [0.1, 0.15) is 45.1 Å². The van der Waals surface area contributed by atoms with Gasteiger partial charge in [0.05, 0.1) is 19.6 Å². The van der Waals surface area contributed by atoms with Gasteiger partial charge in [0.25, 0.3) is 0 Å². The predicted octanol–water partition coefficient (Wildman–Crippen LogP) is 2.94. The molecule has 0 spiro atoms. The number of nitrogens with one attached hydrogen (secondary N) is 1. The maximum atomic E-state index is 12.9. The Morgan fingerprint density at radius 3 is 2.58 bits per heavy atom. The van der Waals surface area contributed by atoms with Crippen molar-refractivity contribution in [2.45, 2.75) is 52.1 Å². The molecule has 0 aromatic heterocycles. The van der Waals surface area contributed by atoms with Crippen molar-refractivity contribution in [1.82, 2.24) is 0 Å². The summed E-state index contributed by atoms with van der Waals surface area (Å²) in [5.74, 6) is 0.966. The summed E-state index contributed by atoms with van der Waals surface area (Å²) in [4.78, 5) is 26.8. The van der Waals surface area contributed by atoms with Gasteiger partial charge in [-0.2, -0.15) is 0 Å². The molecule has 5 rings (SSSR count). The van der Waals surface area contributed by atoms with Crippen molar-refractivity contribution < 1.29 is 19.2 Å². The van der Waals surface area contributed by atoms with E-state index in [2.05, 4.69) is 37.3 Å². The van der Waals surface area contributed by atoms with E-state index in [4.69, 9.17) is 4.74 Å². The van der Waals surface area contributed by atoms with E-state index >= 15 is 0 Å². The third-order valence-electron chi connectivity index (χ3n) is 8.41. The van der Waals surface area contributed by atoms with Crippen LogP contribution < -0.4 is 4.90 Å².